The van der Waals surface area contributed by atoms with Crippen molar-refractivity contribution < 1.29 is 28.2 Å². The number of hydrogen-bond donors (Lipinski definition) is 2. The minimum Gasteiger partial charge on any atom is -0.489 e. The van der Waals surface area contributed by atoms with E-state index in [0.29, 0.717) is 42.4 Å². The second-order valence-electron chi connectivity index (χ2n) is 10.4. The van der Waals surface area contributed by atoms with Gasteiger partial charge in [0, 0.05) is 38.4 Å². The number of aromatic nitrogens is 3. The minimum absolute atomic E-state index is 0.239. The highest BCUT2D eigenvalue weighted by Gasteiger charge is 2.20. The van der Waals surface area contributed by atoms with Gasteiger partial charge < -0.3 is 29.7 Å². The normalized spacial score (nSPS) is 13.0. The fourth-order valence-electron chi connectivity index (χ4n) is 3.81. The van der Waals surface area contributed by atoms with Crippen LogP contribution in [0.25, 0.3) is 5.65 Å². The van der Waals surface area contributed by atoms with Gasteiger partial charge in [-0.25, -0.2) is 23.5 Å². The summed E-state index contributed by atoms with van der Waals surface area (Å²) in [5, 5.41) is 10.7. The number of rotatable bonds is 12. The molecule has 2 heterocycles. The van der Waals surface area contributed by atoms with E-state index in [2.05, 4.69) is 20.7 Å². The van der Waals surface area contributed by atoms with Gasteiger partial charge in [0.2, 0.25) is 0 Å². The van der Waals surface area contributed by atoms with E-state index < -0.39 is 17.4 Å². The number of ether oxygens (including phenoxy) is 3. The molecule has 3 aromatic rings. The van der Waals surface area contributed by atoms with Crippen molar-refractivity contribution in [3.8, 4) is 5.75 Å². The van der Waals surface area contributed by atoms with E-state index in [9.17, 15) is 14.0 Å². The fraction of sp³-hybridized carbons (Fsp3) is 0.500. The number of halogens is 1. The molecule has 40 heavy (non-hydrogen) atoms. The number of amides is 1. The predicted octanol–water partition coefficient (Wildman–Crippen LogP) is 4.44. The molecule has 1 amide bonds. The molecule has 218 valence electrons. The van der Waals surface area contributed by atoms with E-state index in [1.54, 1.807) is 32.3 Å². The third-order valence-electron chi connectivity index (χ3n) is 5.76. The van der Waals surface area contributed by atoms with Gasteiger partial charge >= 0.3 is 12.1 Å². The first-order valence-corrected chi connectivity index (χ1v) is 13.3. The predicted molar refractivity (Wildman–Crippen MR) is 149 cm³/mol. The molecule has 2 atom stereocenters. The zero-order valence-corrected chi connectivity index (χ0v) is 24.2. The largest absolute Gasteiger partial charge is 0.489 e. The first-order chi connectivity index (χ1) is 18.9. The lowest BCUT2D eigenvalue weighted by molar-refractivity contribution is 0.0299. The zero-order valence-electron chi connectivity index (χ0n) is 24.2. The van der Waals surface area contributed by atoms with Gasteiger partial charge in [-0.1, -0.05) is 0 Å². The van der Waals surface area contributed by atoms with Gasteiger partial charge in [0.25, 0.3) is 0 Å². The maximum absolute atomic E-state index is 14.2. The Morgan fingerprint density at radius 3 is 2.65 bits per heavy atom. The van der Waals surface area contributed by atoms with Crippen LogP contribution in [-0.4, -0.2) is 76.6 Å². The topological polar surface area (TPSA) is 119 Å². The summed E-state index contributed by atoms with van der Waals surface area (Å²) < 4.78 is 32.3. The molecule has 0 aliphatic rings. The first-order valence-electron chi connectivity index (χ1n) is 13.3. The summed E-state index contributed by atoms with van der Waals surface area (Å²) in [6.07, 6.45) is 2.47. The highest BCUT2D eigenvalue weighted by Crippen LogP contribution is 2.29. The van der Waals surface area contributed by atoms with E-state index >= 15 is 0 Å². The standard InChI is InChI=1S/C28H39FN6O5/c1-8-38-26(36)22-17-31-35-13-11-24(33-25(22)35)32-19(3)21-15-20(29)9-10-23(21)39-18(2)16-30-12-14-34(7)27(37)40-28(4,5)6/h9-11,13,15,17-19,30H,8,12,14,16H2,1-7H3,(H,32,33)/t18-,19+/m0/s1. The van der Waals surface area contributed by atoms with Gasteiger partial charge in [-0.3, -0.25) is 0 Å². The Morgan fingerprint density at radius 2 is 1.95 bits per heavy atom. The van der Waals surface area contributed by atoms with Crippen molar-refractivity contribution in [2.45, 2.75) is 59.3 Å². The van der Waals surface area contributed by atoms with Gasteiger partial charge in [0.15, 0.2) is 5.65 Å². The Labute approximate surface area is 234 Å². The molecule has 12 heteroatoms. The summed E-state index contributed by atoms with van der Waals surface area (Å²) in [6.45, 7) is 12.7. The number of fused-ring (bicyclic) bond motifs is 1. The molecular formula is C28H39FN6O5. The molecular weight excluding hydrogens is 519 g/mol. The molecule has 0 aliphatic carbocycles. The summed E-state index contributed by atoms with van der Waals surface area (Å²) in [4.78, 5) is 30.4. The number of carbonyl (C=O) groups is 2. The second-order valence-corrected chi connectivity index (χ2v) is 10.4. The molecule has 0 bridgehead atoms. The summed E-state index contributed by atoms with van der Waals surface area (Å²) in [5.74, 6) is 0.107. The van der Waals surface area contributed by atoms with Crippen LogP contribution in [0.2, 0.25) is 0 Å². The van der Waals surface area contributed by atoms with E-state index in [-0.39, 0.29) is 30.4 Å². The number of esters is 1. The lowest BCUT2D eigenvalue weighted by atomic mass is 10.1. The van der Waals surface area contributed by atoms with Crippen LogP contribution in [0, 0.1) is 5.82 Å². The molecule has 0 spiro atoms. The van der Waals surface area contributed by atoms with Crippen molar-refractivity contribution >= 4 is 23.5 Å². The monoisotopic (exact) mass is 558 g/mol. The third-order valence-corrected chi connectivity index (χ3v) is 5.76. The van der Waals surface area contributed by atoms with Crippen LogP contribution in [0.5, 0.6) is 5.75 Å². The van der Waals surface area contributed by atoms with E-state index in [1.165, 1.54) is 27.7 Å². The number of nitrogens with one attached hydrogen (secondary N) is 2. The molecule has 11 nitrogen and oxygen atoms in total. The Hall–Kier alpha value is -3.93. The van der Waals surface area contributed by atoms with Crippen LogP contribution in [0.3, 0.4) is 0 Å². The third kappa shape index (κ3) is 8.54. The number of anilines is 1. The molecule has 0 fully saturated rings. The molecule has 2 aromatic heterocycles. The fourth-order valence-corrected chi connectivity index (χ4v) is 3.81. The van der Waals surface area contributed by atoms with Crippen LogP contribution in [0.1, 0.15) is 63.5 Å². The number of likely N-dealkylation sites (N-methyl/N-ethyl adjacent to an activating group) is 1. The molecule has 0 unspecified atom stereocenters. The Balaban J connectivity index is 1.61. The highest BCUT2D eigenvalue weighted by molar-refractivity contribution is 5.95. The maximum Gasteiger partial charge on any atom is 0.410 e. The van der Waals surface area contributed by atoms with Crippen molar-refractivity contribution in [2.75, 3.05) is 38.6 Å². The van der Waals surface area contributed by atoms with Crippen LogP contribution >= 0.6 is 0 Å². The molecule has 0 saturated carbocycles. The minimum atomic E-state index is -0.548. The Bertz CT molecular complexity index is 1310. The summed E-state index contributed by atoms with van der Waals surface area (Å²) >= 11 is 0. The maximum atomic E-state index is 14.2. The second kappa shape index (κ2) is 13.4. The molecule has 3 rings (SSSR count). The smallest absolute Gasteiger partial charge is 0.410 e. The van der Waals surface area contributed by atoms with Crippen LogP contribution in [-0.2, 0) is 9.47 Å². The van der Waals surface area contributed by atoms with Crippen molar-refractivity contribution in [1.29, 1.82) is 0 Å². The quantitative estimate of drug-likeness (QED) is 0.246. The highest BCUT2D eigenvalue weighted by atomic mass is 19.1. The number of carbonyl (C=O) groups excluding carboxylic acids is 2. The van der Waals surface area contributed by atoms with Crippen LogP contribution in [0.4, 0.5) is 15.0 Å². The zero-order chi connectivity index (χ0) is 29.4. The lowest BCUT2D eigenvalue weighted by Crippen LogP contribution is -2.39. The summed E-state index contributed by atoms with van der Waals surface area (Å²) in [7, 11) is 1.69. The molecule has 2 N–H and O–H groups in total. The van der Waals surface area contributed by atoms with Crippen LogP contribution < -0.4 is 15.4 Å². The van der Waals surface area contributed by atoms with E-state index in [1.807, 2.05) is 34.6 Å². The summed E-state index contributed by atoms with van der Waals surface area (Å²) in [6, 6.07) is 5.71. The first kappa shape index (κ1) is 30.6. The number of hydrogen-bond acceptors (Lipinski definition) is 9. The van der Waals surface area contributed by atoms with Crippen molar-refractivity contribution in [2.24, 2.45) is 0 Å². The van der Waals surface area contributed by atoms with Gasteiger partial charge in [-0.05, 0) is 65.8 Å². The number of nitrogens with zero attached hydrogens (tertiary/aromatic N) is 4. The van der Waals surface area contributed by atoms with Gasteiger partial charge in [-0.15, -0.1) is 0 Å². The van der Waals surface area contributed by atoms with Gasteiger partial charge in [-0.2, -0.15) is 5.10 Å². The molecule has 0 aliphatic heterocycles. The van der Waals surface area contributed by atoms with E-state index in [0.717, 1.165) is 0 Å². The van der Waals surface area contributed by atoms with Crippen molar-refractivity contribution in [1.82, 2.24) is 24.8 Å². The average Bonchev–Trinajstić information content (AvgIpc) is 3.30. The molecule has 0 radical (unpaired) electrons. The summed E-state index contributed by atoms with van der Waals surface area (Å²) in [5.41, 5.74) is 0.667. The molecule has 1 aromatic carbocycles. The Morgan fingerprint density at radius 1 is 1.20 bits per heavy atom. The molecule has 0 saturated heterocycles. The Kier molecular flexibility index (Phi) is 10.3. The van der Waals surface area contributed by atoms with Gasteiger partial charge in [0.1, 0.15) is 34.7 Å². The average molecular weight is 559 g/mol. The van der Waals surface area contributed by atoms with Gasteiger partial charge in [0.05, 0.1) is 18.8 Å². The van der Waals surface area contributed by atoms with E-state index in [4.69, 9.17) is 14.2 Å². The van der Waals surface area contributed by atoms with Crippen molar-refractivity contribution in [3.63, 3.8) is 0 Å². The van der Waals surface area contributed by atoms with Crippen LogP contribution in [0.15, 0.2) is 36.7 Å². The number of benzene rings is 1. The lowest BCUT2D eigenvalue weighted by Gasteiger charge is -2.25. The van der Waals surface area contributed by atoms with Crippen molar-refractivity contribution in [3.05, 3.63) is 53.6 Å². The SMILES string of the molecule is CCOC(=O)c1cnn2ccc(N[C@H](C)c3cc(F)ccc3O[C@@H](C)CNCCN(C)C(=O)OC(C)(C)C)nc12.